The summed E-state index contributed by atoms with van der Waals surface area (Å²) < 4.78 is 5.32. The van der Waals surface area contributed by atoms with Gasteiger partial charge in [-0.3, -0.25) is 4.98 Å². The molecular formula is C13H16N4O. The van der Waals surface area contributed by atoms with E-state index >= 15 is 0 Å². The molecule has 3 heterocycles. The minimum atomic E-state index is 0.222. The van der Waals surface area contributed by atoms with E-state index in [0.29, 0.717) is 5.89 Å². The van der Waals surface area contributed by atoms with Crippen molar-refractivity contribution in [1.29, 1.82) is 0 Å². The van der Waals surface area contributed by atoms with E-state index in [9.17, 15) is 0 Å². The van der Waals surface area contributed by atoms with Crippen molar-refractivity contribution < 1.29 is 4.52 Å². The minimum absolute atomic E-state index is 0.222. The molecule has 1 fully saturated rings. The number of hydrogen-bond donors (Lipinski definition) is 1. The van der Waals surface area contributed by atoms with Crippen LogP contribution in [0, 0.1) is 6.92 Å². The Morgan fingerprint density at radius 1 is 1.39 bits per heavy atom. The van der Waals surface area contributed by atoms with Gasteiger partial charge in [0.1, 0.15) is 5.69 Å². The van der Waals surface area contributed by atoms with Crippen LogP contribution in [0.25, 0.3) is 11.6 Å². The highest BCUT2D eigenvalue weighted by Crippen LogP contribution is 2.24. The van der Waals surface area contributed by atoms with E-state index in [2.05, 4.69) is 20.4 Å². The molecule has 1 saturated heterocycles. The van der Waals surface area contributed by atoms with Crippen LogP contribution in [0.4, 0.5) is 0 Å². The predicted octanol–water partition coefficient (Wildman–Crippen LogP) is 2.25. The molecule has 1 unspecified atom stereocenters. The van der Waals surface area contributed by atoms with E-state index in [4.69, 9.17) is 4.52 Å². The molecule has 2 aromatic rings. The quantitative estimate of drug-likeness (QED) is 0.877. The molecular weight excluding hydrogens is 228 g/mol. The third-order valence-electron chi connectivity index (χ3n) is 3.28. The molecule has 5 heteroatoms. The Bertz CT molecular complexity index is 531. The number of pyridine rings is 1. The first-order chi connectivity index (χ1) is 8.84. The summed E-state index contributed by atoms with van der Waals surface area (Å²) in [5, 5.41) is 7.48. The van der Waals surface area contributed by atoms with Crippen molar-refractivity contribution in [2.45, 2.75) is 32.2 Å². The zero-order valence-electron chi connectivity index (χ0n) is 10.4. The van der Waals surface area contributed by atoms with Crippen LogP contribution < -0.4 is 5.32 Å². The molecule has 3 rings (SSSR count). The van der Waals surface area contributed by atoms with Gasteiger partial charge in [-0.25, -0.2) is 0 Å². The largest absolute Gasteiger partial charge is 0.332 e. The zero-order valence-corrected chi connectivity index (χ0v) is 10.4. The van der Waals surface area contributed by atoms with Gasteiger partial charge in [-0.2, -0.15) is 4.98 Å². The summed E-state index contributed by atoms with van der Waals surface area (Å²) in [4.78, 5) is 8.75. The van der Waals surface area contributed by atoms with E-state index < -0.39 is 0 Å². The summed E-state index contributed by atoms with van der Waals surface area (Å²) in [5.74, 6) is 1.25. The lowest BCUT2D eigenvalue weighted by Gasteiger charge is -2.19. The van der Waals surface area contributed by atoms with Gasteiger partial charge in [0, 0.05) is 6.20 Å². The maximum atomic E-state index is 5.32. The molecule has 0 bridgehead atoms. The van der Waals surface area contributed by atoms with Gasteiger partial charge in [-0.1, -0.05) is 17.6 Å². The molecule has 18 heavy (non-hydrogen) atoms. The first kappa shape index (κ1) is 11.3. The van der Waals surface area contributed by atoms with Gasteiger partial charge >= 0.3 is 0 Å². The fourth-order valence-electron chi connectivity index (χ4n) is 2.25. The van der Waals surface area contributed by atoms with Crippen LogP contribution in [-0.2, 0) is 0 Å². The minimum Gasteiger partial charge on any atom is -0.332 e. The number of nitrogens with zero attached hydrogens (tertiary/aromatic N) is 3. The molecule has 1 N–H and O–H groups in total. The first-order valence-corrected chi connectivity index (χ1v) is 6.33. The van der Waals surface area contributed by atoms with E-state index in [-0.39, 0.29) is 6.04 Å². The molecule has 94 valence electrons. The van der Waals surface area contributed by atoms with Gasteiger partial charge in [0.15, 0.2) is 5.82 Å². The lowest BCUT2D eigenvalue weighted by Crippen LogP contribution is -2.27. The molecule has 2 aromatic heterocycles. The Morgan fingerprint density at radius 3 is 3.11 bits per heavy atom. The normalized spacial score (nSPS) is 19.9. The van der Waals surface area contributed by atoms with Crippen LogP contribution in [0.5, 0.6) is 0 Å². The summed E-state index contributed by atoms with van der Waals surface area (Å²) in [6.07, 6.45) is 5.25. The van der Waals surface area contributed by atoms with Crippen LogP contribution in [0.1, 0.15) is 36.7 Å². The summed E-state index contributed by atoms with van der Waals surface area (Å²) in [7, 11) is 0. The van der Waals surface area contributed by atoms with Crippen molar-refractivity contribution in [3.63, 3.8) is 0 Å². The van der Waals surface area contributed by atoms with Crippen molar-refractivity contribution >= 4 is 0 Å². The van der Waals surface area contributed by atoms with Gasteiger partial charge in [-0.05, 0) is 37.9 Å². The topological polar surface area (TPSA) is 63.8 Å². The van der Waals surface area contributed by atoms with Crippen molar-refractivity contribution in [2.75, 3.05) is 6.54 Å². The molecule has 1 aliphatic rings. The molecule has 0 aromatic carbocycles. The number of hydrogen-bond acceptors (Lipinski definition) is 5. The Hall–Kier alpha value is -1.75. The van der Waals surface area contributed by atoms with Crippen molar-refractivity contribution in [2.24, 2.45) is 0 Å². The molecule has 0 aliphatic carbocycles. The molecule has 5 nitrogen and oxygen atoms in total. The van der Waals surface area contributed by atoms with Crippen LogP contribution >= 0.6 is 0 Å². The van der Waals surface area contributed by atoms with Crippen LogP contribution in [0.2, 0.25) is 0 Å². The third-order valence-corrected chi connectivity index (χ3v) is 3.28. The lowest BCUT2D eigenvalue weighted by molar-refractivity contribution is 0.366. The Balaban J connectivity index is 1.87. The Morgan fingerprint density at radius 2 is 2.33 bits per heavy atom. The third kappa shape index (κ3) is 2.13. The van der Waals surface area contributed by atoms with E-state index in [0.717, 1.165) is 30.0 Å². The molecule has 0 radical (unpaired) electrons. The highest BCUT2D eigenvalue weighted by molar-refractivity contribution is 5.51. The van der Waals surface area contributed by atoms with Gasteiger partial charge in [0.25, 0.3) is 5.89 Å². The van der Waals surface area contributed by atoms with Crippen molar-refractivity contribution in [1.82, 2.24) is 20.4 Å². The second kappa shape index (κ2) is 4.86. The summed E-state index contributed by atoms with van der Waals surface area (Å²) in [6.45, 7) is 3.02. The average Bonchev–Trinajstić information content (AvgIpc) is 2.90. The summed E-state index contributed by atoms with van der Waals surface area (Å²) >= 11 is 0. The average molecular weight is 244 g/mol. The maximum absolute atomic E-state index is 5.32. The smallest absolute Gasteiger partial charge is 0.276 e. The Labute approximate surface area is 106 Å². The van der Waals surface area contributed by atoms with Crippen molar-refractivity contribution in [3.05, 3.63) is 29.7 Å². The molecule has 0 amide bonds. The van der Waals surface area contributed by atoms with E-state index in [1.54, 1.807) is 6.20 Å². The van der Waals surface area contributed by atoms with Crippen LogP contribution in [0.15, 0.2) is 22.9 Å². The highest BCUT2D eigenvalue weighted by atomic mass is 16.5. The molecule has 1 atom stereocenters. The number of aryl methyl sites for hydroxylation is 1. The lowest BCUT2D eigenvalue weighted by atomic mass is 10.0. The van der Waals surface area contributed by atoms with Crippen LogP contribution in [0.3, 0.4) is 0 Å². The van der Waals surface area contributed by atoms with E-state index in [1.165, 1.54) is 12.8 Å². The summed E-state index contributed by atoms with van der Waals surface area (Å²) in [5.41, 5.74) is 1.82. The molecule has 0 saturated carbocycles. The molecule has 0 spiro atoms. The zero-order chi connectivity index (χ0) is 12.4. The number of piperidine rings is 1. The number of nitrogens with one attached hydrogen (secondary N) is 1. The number of aromatic nitrogens is 3. The fraction of sp³-hybridized carbons (Fsp3) is 0.462. The van der Waals surface area contributed by atoms with E-state index in [1.807, 2.05) is 19.1 Å². The van der Waals surface area contributed by atoms with Crippen molar-refractivity contribution in [3.8, 4) is 11.6 Å². The SMILES string of the molecule is Cc1cccnc1-c1nc(C2CCCCN2)no1. The maximum Gasteiger partial charge on any atom is 0.276 e. The van der Waals surface area contributed by atoms with Gasteiger partial charge in [-0.15, -0.1) is 0 Å². The monoisotopic (exact) mass is 244 g/mol. The number of rotatable bonds is 2. The second-order valence-electron chi connectivity index (χ2n) is 4.63. The van der Waals surface area contributed by atoms with Crippen LogP contribution in [-0.4, -0.2) is 21.7 Å². The fourth-order valence-corrected chi connectivity index (χ4v) is 2.25. The standard InChI is InChI=1S/C13H16N4O/c1-9-5-4-8-15-11(9)13-16-12(17-18-13)10-6-2-3-7-14-10/h4-5,8,10,14H,2-3,6-7H2,1H3. The molecule has 1 aliphatic heterocycles. The predicted molar refractivity (Wildman–Crippen MR) is 66.9 cm³/mol. The first-order valence-electron chi connectivity index (χ1n) is 6.33. The van der Waals surface area contributed by atoms with Gasteiger partial charge < -0.3 is 9.84 Å². The highest BCUT2D eigenvalue weighted by Gasteiger charge is 2.21. The Kier molecular flexibility index (Phi) is 3.06. The second-order valence-corrected chi connectivity index (χ2v) is 4.63. The van der Waals surface area contributed by atoms with Gasteiger partial charge in [0.05, 0.1) is 6.04 Å². The van der Waals surface area contributed by atoms with Gasteiger partial charge in [0.2, 0.25) is 0 Å². The summed E-state index contributed by atoms with van der Waals surface area (Å²) in [6, 6.07) is 4.12.